The van der Waals surface area contributed by atoms with Crippen molar-refractivity contribution in [2.75, 3.05) is 32.6 Å². The number of benzene rings is 2. The maximum Gasteiger partial charge on any atom is 0.337 e. The Balaban J connectivity index is 1.62. The maximum atomic E-state index is 12.8. The highest BCUT2D eigenvalue weighted by Gasteiger charge is 2.25. The Labute approximate surface area is 186 Å². The summed E-state index contributed by atoms with van der Waals surface area (Å²) in [5, 5.41) is 3.55. The Bertz CT molecular complexity index is 936. The predicted octanol–water partition coefficient (Wildman–Crippen LogP) is 3.76. The van der Waals surface area contributed by atoms with Gasteiger partial charge in [-0.3, -0.25) is 9.69 Å². The molecule has 0 aliphatic carbocycles. The topological polar surface area (TPSA) is 84.9 Å². The number of esters is 2. The largest absolute Gasteiger partial charge is 0.465 e. The lowest BCUT2D eigenvalue weighted by Crippen LogP contribution is -2.37. The van der Waals surface area contributed by atoms with Crippen LogP contribution in [0.3, 0.4) is 0 Å². The van der Waals surface area contributed by atoms with Gasteiger partial charge in [0.15, 0.2) is 0 Å². The molecular weight excluding hydrogens is 420 g/mol. The van der Waals surface area contributed by atoms with Crippen LogP contribution in [0.5, 0.6) is 0 Å². The first-order valence-corrected chi connectivity index (χ1v) is 10.4. The van der Waals surface area contributed by atoms with Crippen molar-refractivity contribution in [2.24, 2.45) is 5.92 Å². The number of likely N-dealkylation sites (tertiary alicyclic amines) is 1. The first-order valence-electron chi connectivity index (χ1n) is 9.99. The molecule has 1 heterocycles. The van der Waals surface area contributed by atoms with Crippen LogP contribution in [0, 0.1) is 5.92 Å². The molecule has 0 spiro atoms. The van der Waals surface area contributed by atoms with Gasteiger partial charge in [0.2, 0.25) is 5.91 Å². The summed E-state index contributed by atoms with van der Waals surface area (Å²) in [5.74, 6) is -1.50. The molecule has 0 atom stereocenters. The molecule has 1 aliphatic heterocycles. The van der Waals surface area contributed by atoms with Crippen molar-refractivity contribution in [1.82, 2.24) is 4.90 Å². The van der Waals surface area contributed by atoms with Crippen molar-refractivity contribution in [3.05, 3.63) is 64.2 Å². The Kier molecular flexibility index (Phi) is 7.65. The number of nitrogens with one attached hydrogen (secondary N) is 1. The fourth-order valence-electron chi connectivity index (χ4n) is 3.66. The van der Waals surface area contributed by atoms with Crippen molar-refractivity contribution in [3.8, 4) is 0 Å². The van der Waals surface area contributed by atoms with Gasteiger partial charge >= 0.3 is 11.9 Å². The molecular formula is C23H25ClN2O5. The summed E-state index contributed by atoms with van der Waals surface area (Å²) >= 11 is 6.05. The third-order valence-corrected chi connectivity index (χ3v) is 5.53. The molecule has 1 N–H and O–H groups in total. The number of anilines is 1. The van der Waals surface area contributed by atoms with Crippen LogP contribution in [0.15, 0.2) is 42.5 Å². The Hall–Kier alpha value is -2.90. The zero-order valence-corrected chi connectivity index (χ0v) is 18.3. The van der Waals surface area contributed by atoms with E-state index in [0.29, 0.717) is 23.6 Å². The molecule has 1 fully saturated rings. The van der Waals surface area contributed by atoms with E-state index in [1.807, 2.05) is 24.3 Å². The van der Waals surface area contributed by atoms with Gasteiger partial charge in [-0.05, 0) is 61.8 Å². The molecule has 8 heteroatoms. The minimum Gasteiger partial charge on any atom is -0.465 e. The van der Waals surface area contributed by atoms with Gasteiger partial charge < -0.3 is 14.8 Å². The molecule has 1 aliphatic rings. The van der Waals surface area contributed by atoms with Crippen LogP contribution in [0.1, 0.15) is 39.1 Å². The van der Waals surface area contributed by atoms with Crippen molar-refractivity contribution >= 4 is 35.1 Å². The zero-order chi connectivity index (χ0) is 22.4. The highest BCUT2D eigenvalue weighted by Crippen LogP contribution is 2.23. The minimum atomic E-state index is -0.601. The van der Waals surface area contributed by atoms with Gasteiger partial charge in [-0.25, -0.2) is 9.59 Å². The Morgan fingerprint density at radius 3 is 2.16 bits per heavy atom. The lowest BCUT2D eigenvalue weighted by Gasteiger charge is -2.31. The minimum absolute atomic E-state index is 0.139. The number of rotatable bonds is 6. The summed E-state index contributed by atoms with van der Waals surface area (Å²) in [6, 6.07) is 12.1. The van der Waals surface area contributed by atoms with Gasteiger partial charge in [0, 0.05) is 23.2 Å². The second kappa shape index (κ2) is 10.4. The summed E-state index contributed by atoms with van der Waals surface area (Å²) in [7, 11) is 2.51. The average Bonchev–Trinajstić information content (AvgIpc) is 2.78. The number of hydrogen-bond acceptors (Lipinski definition) is 6. The highest BCUT2D eigenvalue weighted by atomic mass is 35.5. The Morgan fingerprint density at radius 2 is 1.61 bits per heavy atom. The molecule has 2 aromatic carbocycles. The Morgan fingerprint density at radius 1 is 1.00 bits per heavy atom. The molecule has 3 rings (SSSR count). The van der Waals surface area contributed by atoms with Crippen LogP contribution in [0.2, 0.25) is 5.02 Å². The van der Waals surface area contributed by atoms with Gasteiger partial charge in [0.05, 0.1) is 25.3 Å². The lowest BCUT2D eigenvalue weighted by molar-refractivity contribution is -0.121. The number of carbonyl (C=O) groups is 3. The third-order valence-electron chi connectivity index (χ3n) is 5.30. The fourth-order valence-corrected chi connectivity index (χ4v) is 3.88. The summed E-state index contributed by atoms with van der Waals surface area (Å²) in [5.41, 5.74) is 1.83. The lowest BCUT2D eigenvalue weighted by atomic mass is 9.95. The second-order valence-corrected chi connectivity index (χ2v) is 7.89. The number of methoxy groups -OCH3 is 2. The smallest absolute Gasteiger partial charge is 0.337 e. The quantitative estimate of drug-likeness (QED) is 0.683. The molecule has 1 amide bonds. The van der Waals surface area contributed by atoms with E-state index in [2.05, 4.69) is 10.2 Å². The third kappa shape index (κ3) is 6.06. The number of halogens is 1. The standard InChI is InChI=1S/C23H25ClN2O5/c1-30-22(28)17-11-18(23(29)31-2)13-20(12-17)25-21(27)16-6-8-26(9-7-16)14-15-4-3-5-19(24)10-15/h3-5,10-13,16H,6-9,14H2,1-2H3,(H,25,27). The van der Waals surface area contributed by atoms with E-state index in [-0.39, 0.29) is 23.0 Å². The average molecular weight is 445 g/mol. The van der Waals surface area contributed by atoms with E-state index in [1.165, 1.54) is 32.4 Å². The number of hydrogen-bond donors (Lipinski definition) is 1. The number of ether oxygens (including phenoxy) is 2. The van der Waals surface area contributed by atoms with Crippen LogP contribution in [-0.2, 0) is 20.8 Å². The second-order valence-electron chi connectivity index (χ2n) is 7.45. The highest BCUT2D eigenvalue weighted by molar-refractivity contribution is 6.30. The maximum absolute atomic E-state index is 12.8. The summed E-state index contributed by atoms with van der Waals surface area (Å²) in [4.78, 5) is 38.9. The van der Waals surface area contributed by atoms with Gasteiger partial charge in [-0.15, -0.1) is 0 Å². The van der Waals surface area contributed by atoms with Crippen molar-refractivity contribution in [2.45, 2.75) is 19.4 Å². The number of carbonyl (C=O) groups excluding carboxylic acids is 3. The van der Waals surface area contributed by atoms with Crippen LogP contribution in [0.4, 0.5) is 5.69 Å². The molecule has 164 valence electrons. The molecule has 0 unspecified atom stereocenters. The SMILES string of the molecule is COC(=O)c1cc(NC(=O)C2CCN(Cc3cccc(Cl)c3)CC2)cc(C(=O)OC)c1. The molecule has 0 radical (unpaired) electrons. The van der Waals surface area contributed by atoms with E-state index in [1.54, 1.807) is 0 Å². The van der Waals surface area contributed by atoms with Gasteiger partial charge in [0.25, 0.3) is 0 Å². The van der Waals surface area contributed by atoms with E-state index >= 15 is 0 Å². The molecule has 0 saturated carbocycles. The summed E-state index contributed by atoms with van der Waals surface area (Å²) in [6.45, 7) is 2.37. The number of nitrogens with zero attached hydrogens (tertiary/aromatic N) is 1. The van der Waals surface area contributed by atoms with Gasteiger partial charge in [-0.1, -0.05) is 23.7 Å². The molecule has 1 saturated heterocycles. The monoisotopic (exact) mass is 444 g/mol. The van der Waals surface area contributed by atoms with E-state index in [0.717, 1.165) is 25.2 Å². The number of piperidine rings is 1. The normalized spacial score (nSPS) is 14.7. The van der Waals surface area contributed by atoms with E-state index in [9.17, 15) is 14.4 Å². The summed E-state index contributed by atoms with van der Waals surface area (Å²) in [6.07, 6.45) is 1.43. The number of amides is 1. The predicted molar refractivity (Wildman–Crippen MR) is 117 cm³/mol. The van der Waals surface area contributed by atoms with Gasteiger partial charge in [0.1, 0.15) is 0 Å². The first-order chi connectivity index (χ1) is 14.9. The first kappa shape index (κ1) is 22.8. The van der Waals surface area contributed by atoms with Crippen LogP contribution in [-0.4, -0.2) is 50.1 Å². The van der Waals surface area contributed by atoms with Crippen molar-refractivity contribution in [3.63, 3.8) is 0 Å². The van der Waals surface area contributed by atoms with Crippen molar-refractivity contribution < 1.29 is 23.9 Å². The van der Waals surface area contributed by atoms with Crippen LogP contribution in [0.25, 0.3) is 0 Å². The van der Waals surface area contributed by atoms with E-state index < -0.39 is 11.9 Å². The fraction of sp³-hybridized carbons (Fsp3) is 0.348. The molecule has 0 aromatic heterocycles. The molecule has 2 aromatic rings. The van der Waals surface area contributed by atoms with Crippen LogP contribution >= 0.6 is 11.6 Å². The van der Waals surface area contributed by atoms with E-state index in [4.69, 9.17) is 21.1 Å². The molecule has 31 heavy (non-hydrogen) atoms. The van der Waals surface area contributed by atoms with Gasteiger partial charge in [-0.2, -0.15) is 0 Å². The molecule has 7 nitrogen and oxygen atoms in total. The van der Waals surface area contributed by atoms with Crippen LogP contribution < -0.4 is 5.32 Å². The zero-order valence-electron chi connectivity index (χ0n) is 17.5. The summed E-state index contributed by atoms with van der Waals surface area (Å²) < 4.78 is 9.46. The molecule has 0 bridgehead atoms. The van der Waals surface area contributed by atoms with Crippen molar-refractivity contribution in [1.29, 1.82) is 0 Å².